The summed E-state index contributed by atoms with van der Waals surface area (Å²) in [5.41, 5.74) is 2.47. The molecule has 1 rings (SSSR count). The molecule has 80 valence electrons. The Hall–Kier alpha value is -0.830. The van der Waals surface area contributed by atoms with Gasteiger partial charge in [0.2, 0.25) is 0 Å². The van der Waals surface area contributed by atoms with Crippen LogP contribution in [0.3, 0.4) is 0 Å². The van der Waals surface area contributed by atoms with Crippen molar-refractivity contribution in [2.75, 3.05) is 13.7 Å². The molecule has 1 atom stereocenters. The van der Waals surface area contributed by atoms with Crippen molar-refractivity contribution in [1.82, 2.24) is 9.78 Å². The number of nitrogens with zero attached hydrogens (tertiary/aromatic N) is 2. The quantitative estimate of drug-likeness (QED) is 0.722. The molecule has 1 aromatic heterocycles. The van der Waals surface area contributed by atoms with Gasteiger partial charge in [-0.2, -0.15) is 5.10 Å². The van der Waals surface area contributed by atoms with E-state index in [0.717, 1.165) is 19.4 Å². The molecule has 0 bridgehead atoms. The summed E-state index contributed by atoms with van der Waals surface area (Å²) in [4.78, 5) is 0. The second-order valence-corrected chi connectivity index (χ2v) is 3.58. The van der Waals surface area contributed by atoms with E-state index in [1.54, 1.807) is 7.11 Å². The SMILES string of the molecule is CCc1cc(CC)n(C(C)COC)n1. The van der Waals surface area contributed by atoms with Gasteiger partial charge in [0.1, 0.15) is 0 Å². The standard InChI is InChI=1S/C11H20N2O/c1-5-10-7-11(6-2)13(12-10)9(3)8-14-4/h7,9H,5-6,8H2,1-4H3. The summed E-state index contributed by atoms with van der Waals surface area (Å²) < 4.78 is 7.23. The minimum atomic E-state index is 0.329. The van der Waals surface area contributed by atoms with Crippen molar-refractivity contribution in [1.29, 1.82) is 0 Å². The highest BCUT2D eigenvalue weighted by molar-refractivity contribution is 5.11. The van der Waals surface area contributed by atoms with Gasteiger partial charge in [0.25, 0.3) is 0 Å². The molecule has 0 spiro atoms. The summed E-state index contributed by atoms with van der Waals surface area (Å²) >= 11 is 0. The number of aromatic nitrogens is 2. The predicted molar refractivity (Wildman–Crippen MR) is 57.6 cm³/mol. The van der Waals surface area contributed by atoms with Crippen LogP contribution in [0.15, 0.2) is 6.07 Å². The molecule has 0 N–H and O–H groups in total. The molecule has 1 heterocycles. The first-order valence-corrected chi connectivity index (χ1v) is 5.29. The molecule has 0 fully saturated rings. The van der Waals surface area contributed by atoms with Crippen molar-refractivity contribution < 1.29 is 4.74 Å². The lowest BCUT2D eigenvalue weighted by molar-refractivity contribution is 0.155. The zero-order valence-corrected chi connectivity index (χ0v) is 9.58. The van der Waals surface area contributed by atoms with E-state index < -0.39 is 0 Å². The van der Waals surface area contributed by atoms with Gasteiger partial charge in [0, 0.05) is 12.8 Å². The van der Waals surface area contributed by atoms with E-state index >= 15 is 0 Å². The molecule has 0 saturated carbocycles. The number of hydrogen-bond donors (Lipinski definition) is 0. The number of ether oxygens (including phenoxy) is 1. The summed E-state index contributed by atoms with van der Waals surface area (Å²) in [5.74, 6) is 0. The zero-order valence-electron chi connectivity index (χ0n) is 9.58. The molecule has 1 aromatic rings. The molecule has 0 aliphatic rings. The van der Waals surface area contributed by atoms with Gasteiger partial charge in [-0.1, -0.05) is 13.8 Å². The smallest absolute Gasteiger partial charge is 0.0727 e. The third-order valence-electron chi connectivity index (χ3n) is 2.41. The molecule has 0 amide bonds. The van der Waals surface area contributed by atoms with Crippen LogP contribution in [0.25, 0.3) is 0 Å². The monoisotopic (exact) mass is 196 g/mol. The molecule has 0 saturated heterocycles. The van der Waals surface area contributed by atoms with Gasteiger partial charge < -0.3 is 4.74 Å². The van der Waals surface area contributed by atoms with Gasteiger partial charge in [-0.3, -0.25) is 4.68 Å². The van der Waals surface area contributed by atoms with Crippen molar-refractivity contribution in [2.24, 2.45) is 0 Å². The fourth-order valence-electron chi connectivity index (χ4n) is 1.62. The summed E-state index contributed by atoms with van der Waals surface area (Å²) in [5, 5.41) is 4.55. The second kappa shape index (κ2) is 5.15. The average molecular weight is 196 g/mol. The first kappa shape index (κ1) is 11.2. The Bertz CT molecular complexity index is 281. The lowest BCUT2D eigenvalue weighted by atomic mass is 10.2. The maximum absolute atomic E-state index is 5.14. The van der Waals surface area contributed by atoms with Crippen LogP contribution < -0.4 is 0 Å². The number of aryl methyl sites for hydroxylation is 2. The summed E-state index contributed by atoms with van der Waals surface area (Å²) in [6.45, 7) is 7.15. The van der Waals surface area contributed by atoms with Crippen LogP contribution >= 0.6 is 0 Å². The van der Waals surface area contributed by atoms with Gasteiger partial charge in [-0.05, 0) is 25.8 Å². The van der Waals surface area contributed by atoms with Crippen LogP contribution in [0.2, 0.25) is 0 Å². The fraction of sp³-hybridized carbons (Fsp3) is 0.727. The highest BCUT2D eigenvalue weighted by Crippen LogP contribution is 2.13. The predicted octanol–water partition coefficient (Wildman–Crippen LogP) is 2.22. The Morgan fingerprint density at radius 1 is 1.43 bits per heavy atom. The Kier molecular flexibility index (Phi) is 4.14. The molecule has 3 heteroatoms. The molecule has 0 aromatic carbocycles. The molecule has 14 heavy (non-hydrogen) atoms. The van der Waals surface area contributed by atoms with Crippen molar-refractivity contribution in [3.8, 4) is 0 Å². The maximum Gasteiger partial charge on any atom is 0.0727 e. The maximum atomic E-state index is 5.14. The summed E-state index contributed by atoms with van der Waals surface area (Å²) in [6.07, 6.45) is 2.03. The van der Waals surface area contributed by atoms with Gasteiger partial charge in [-0.25, -0.2) is 0 Å². The van der Waals surface area contributed by atoms with Gasteiger partial charge >= 0.3 is 0 Å². The lowest BCUT2D eigenvalue weighted by Gasteiger charge is -2.13. The third kappa shape index (κ3) is 2.35. The first-order valence-electron chi connectivity index (χ1n) is 5.29. The minimum Gasteiger partial charge on any atom is -0.382 e. The van der Waals surface area contributed by atoms with Gasteiger partial charge in [-0.15, -0.1) is 0 Å². The second-order valence-electron chi connectivity index (χ2n) is 3.58. The van der Waals surface area contributed by atoms with E-state index in [4.69, 9.17) is 4.74 Å². The molecule has 0 aliphatic heterocycles. The van der Waals surface area contributed by atoms with Crippen LogP contribution in [0, 0.1) is 0 Å². The van der Waals surface area contributed by atoms with Crippen LogP contribution in [0.1, 0.15) is 38.2 Å². The number of rotatable bonds is 5. The minimum absolute atomic E-state index is 0.329. The topological polar surface area (TPSA) is 27.1 Å². The first-order chi connectivity index (χ1) is 6.72. The highest BCUT2D eigenvalue weighted by Gasteiger charge is 2.10. The molecule has 0 aliphatic carbocycles. The molecular formula is C11H20N2O. The third-order valence-corrected chi connectivity index (χ3v) is 2.41. The fourth-order valence-corrected chi connectivity index (χ4v) is 1.62. The number of hydrogen-bond acceptors (Lipinski definition) is 2. The van der Waals surface area contributed by atoms with Gasteiger partial charge in [0.05, 0.1) is 18.3 Å². The zero-order chi connectivity index (χ0) is 10.6. The normalized spacial score (nSPS) is 13.1. The molecule has 1 unspecified atom stereocenters. The Morgan fingerprint density at radius 3 is 2.64 bits per heavy atom. The lowest BCUT2D eigenvalue weighted by Crippen LogP contribution is -2.15. The molecular weight excluding hydrogens is 176 g/mol. The van der Waals surface area contributed by atoms with E-state index in [-0.39, 0.29) is 0 Å². The number of methoxy groups -OCH3 is 1. The van der Waals surface area contributed by atoms with Crippen molar-refractivity contribution in [3.63, 3.8) is 0 Å². The van der Waals surface area contributed by atoms with Crippen LogP contribution in [-0.4, -0.2) is 23.5 Å². The van der Waals surface area contributed by atoms with E-state index in [2.05, 4.69) is 36.6 Å². The van der Waals surface area contributed by atoms with E-state index in [9.17, 15) is 0 Å². The summed E-state index contributed by atoms with van der Waals surface area (Å²) in [6, 6.07) is 2.52. The molecule has 3 nitrogen and oxygen atoms in total. The van der Waals surface area contributed by atoms with E-state index in [1.807, 2.05) is 0 Å². The van der Waals surface area contributed by atoms with E-state index in [1.165, 1.54) is 11.4 Å². The van der Waals surface area contributed by atoms with Gasteiger partial charge in [0.15, 0.2) is 0 Å². The van der Waals surface area contributed by atoms with Crippen molar-refractivity contribution >= 4 is 0 Å². The van der Waals surface area contributed by atoms with Crippen LogP contribution in [0.4, 0.5) is 0 Å². The van der Waals surface area contributed by atoms with Crippen LogP contribution in [-0.2, 0) is 17.6 Å². The highest BCUT2D eigenvalue weighted by atomic mass is 16.5. The largest absolute Gasteiger partial charge is 0.382 e. The Balaban J connectivity index is 2.87. The Morgan fingerprint density at radius 2 is 2.14 bits per heavy atom. The van der Waals surface area contributed by atoms with Crippen LogP contribution in [0.5, 0.6) is 0 Å². The van der Waals surface area contributed by atoms with Crippen molar-refractivity contribution in [3.05, 3.63) is 17.5 Å². The van der Waals surface area contributed by atoms with E-state index in [0.29, 0.717) is 6.04 Å². The summed E-state index contributed by atoms with van der Waals surface area (Å²) in [7, 11) is 1.73. The van der Waals surface area contributed by atoms with Crippen molar-refractivity contribution in [2.45, 2.75) is 39.7 Å². The Labute approximate surface area is 86.1 Å². The average Bonchev–Trinajstić information content (AvgIpc) is 2.61. The molecule has 0 radical (unpaired) electrons.